The highest BCUT2D eigenvalue weighted by Crippen LogP contribution is 2.31. The normalized spacial score (nSPS) is 12.0. The quantitative estimate of drug-likeness (QED) is 0.256. The van der Waals surface area contributed by atoms with Crippen LogP contribution in [-0.4, -0.2) is 41.3 Å². The Hall–Kier alpha value is -4.13. The monoisotopic (exact) mass is 502 g/mol. The van der Waals surface area contributed by atoms with Crippen LogP contribution >= 0.6 is 0 Å². The second-order valence-electron chi connectivity index (χ2n) is 9.81. The topological polar surface area (TPSA) is 105 Å². The predicted molar refractivity (Wildman–Crippen MR) is 143 cm³/mol. The summed E-state index contributed by atoms with van der Waals surface area (Å²) in [4.78, 5) is 36.3. The van der Waals surface area contributed by atoms with Gasteiger partial charge in [-0.2, -0.15) is 0 Å². The number of hydrogen-bond acceptors (Lipinski definition) is 4. The average molecular weight is 503 g/mol. The minimum absolute atomic E-state index is 0.00347. The van der Waals surface area contributed by atoms with Crippen LogP contribution in [0.15, 0.2) is 84.9 Å². The third-order valence-electron chi connectivity index (χ3n) is 5.71. The van der Waals surface area contributed by atoms with Crippen LogP contribution in [0.1, 0.15) is 66.6 Å². The van der Waals surface area contributed by atoms with Crippen LogP contribution in [0.4, 0.5) is 4.79 Å². The molecule has 7 nitrogen and oxygen atoms in total. The third-order valence-corrected chi connectivity index (χ3v) is 5.71. The molecule has 3 N–H and O–H groups in total. The summed E-state index contributed by atoms with van der Waals surface area (Å²) in [5.41, 5.74) is 3.06. The van der Waals surface area contributed by atoms with Crippen LogP contribution in [0.2, 0.25) is 0 Å². The lowest BCUT2D eigenvalue weighted by Crippen LogP contribution is -2.41. The fourth-order valence-corrected chi connectivity index (χ4v) is 4.01. The smallest absolute Gasteiger partial charge is 0.407 e. The highest BCUT2D eigenvalue weighted by Gasteiger charge is 2.22. The van der Waals surface area contributed by atoms with E-state index in [1.165, 1.54) is 0 Å². The van der Waals surface area contributed by atoms with Gasteiger partial charge in [0.1, 0.15) is 11.6 Å². The van der Waals surface area contributed by atoms with Crippen molar-refractivity contribution in [2.75, 3.05) is 6.54 Å². The highest BCUT2D eigenvalue weighted by molar-refractivity contribution is 5.96. The van der Waals surface area contributed by atoms with Crippen LogP contribution in [0.25, 0.3) is 0 Å². The van der Waals surface area contributed by atoms with Crippen LogP contribution < -0.4 is 10.6 Å². The van der Waals surface area contributed by atoms with Gasteiger partial charge in [-0.25, -0.2) is 9.59 Å². The molecule has 0 saturated heterocycles. The van der Waals surface area contributed by atoms with E-state index in [0.717, 1.165) is 16.7 Å². The molecule has 3 aromatic rings. The van der Waals surface area contributed by atoms with Crippen molar-refractivity contribution in [2.24, 2.45) is 0 Å². The maximum atomic E-state index is 12.8. The Labute approximate surface area is 217 Å². The number of aliphatic carboxylic acids is 1. The van der Waals surface area contributed by atoms with Crippen LogP contribution in [-0.2, 0) is 9.53 Å². The van der Waals surface area contributed by atoms with Crippen molar-refractivity contribution in [3.8, 4) is 0 Å². The largest absolute Gasteiger partial charge is 0.480 e. The van der Waals surface area contributed by atoms with E-state index < -0.39 is 29.6 Å². The molecule has 0 aliphatic rings. The number of nitrogens with one attached hydrogen (secondary N) is 2. The SMILES string of the molecule is CC(C)(C)OC(=O)NCCC[C@H](NC(=O)c1ccc(C(c2ccccc2)c2ccccc2)cc1)C(=O)O. The van der Waals surface area contributed by atoms with Crippen LogP contribution in [0.5, 0.6) is 0 Å². The van der Waals surface area contributed by atoms with Gasteiger partial charge in [-0.15, -0.1) is 0 Å². The van der Waals surface area contributed by atoms with Gasteiger partial charge in [0.2, 0.25) is 0 Å². The molecular weight excluding hydrogens is 468 g/mol. The molecule has 37 heavy (non-hydrogen) atoms. The number of carboxylic acids is 1. The molecule has 7 heteroatoms. The van der Waals surface area contributed by atoms with Crippen molar-refractivity contribution in [1.29, 1.82) is 0 Å². The van der Waals surface area contributed by atoms with Gasteiger partial charge in [-0.1, -0.05) is 72.8 Å². The lowest BCUT2D eigenvalue weighted by atomic mass is 9.85. The summed E-state index contributed by atoms with van der Waals surface area (Å²) in [5.74, 6) is -1.59. The first-order valence-electron chi connectivity index (χ1n) is 12.3. The molecule has 0 bridgehead atoms. The van der Waals surface area contributed by atoms with Gasteiger partial charge < -0.3 is 20.5 Å². The van der Waals surface area contributed by atoms with Crippen LogP contribution in [0.3, 0.4) is 0 Å². The molecule has 1 atom stereocenters. The molecule has 0 aromatic heterocycles. The molecule has 0 unspecified atom stereocenters. The molecular formula is C30H34N2O5. The van der Waals surface area contributed by atoms with Gasteiger partial charge in [0.15, 0.2) is 0 Å². The van der Waals surface area contributed by atoms with E-state index >= 15 is 0 Å². The second-order valence-corrected chi connectivity index (χ2v) is 9.81. The van der Waals surface area contributed by atoms with Crippen LogP contribution in [0, 0.1) is 0 Å². The summed E-state index contributed by atoms with van der Waals surface area (Å²) in [6.07, 6.45) is -0.0302. The maximum Gasteiger partial charge on any atom is 0.407 e. The first-order chi connectivity index (χ1) is 17.6. The molecule has 0 radical (unpaired) electrons. The number of carboxylic acid groups (broad SMARTS) is 1. The number of benzene rings is 3. The summed E-state index contributed by atoms with van der Waals surface area (Å²) < 4.78 is 5.16. The van der Waals surface area contributed by atoms with E-state index in [4.69, 9.17) is 4.74 Å². The molecule has 0 saturated carbocycles. The number of rotatable bonds is 10. The van der Waals surface area contributed by atoms with E-state index in [1.807, 2.05) is 48.5 Å². The first-order valence-corrected chi connectivity index (χ1v) is 12.3. The first kappa shape index (κ1) is 27.5. The number of hydrogen-bond donors (Lipinski definition) is 3. The zero-order valence-electron chi connectivity index (χ0n) is 21.4. The predicted octanol–water partition coefficient (Wildman–Crippen LogP) is 5.35. The summed E-state index contributed by atoms with van der Waals surface area (Å²) in [6, 6.07) is 26.4. The van der Waals surface area contributed by atoms with Gasteiger partial charge in [-0.05, 0) is 62.4 Å². The van der Waals surface area contributed by atoms with Crippen molar-refractivity contribution < 1.29 is 24.2 Å². The average Bonchev–Trinajstić information content (AvgIpc) is 2.86. The Morgan fingerprint density at radius 2 is 1.32 bits per heavy atom. The van der Waals surface area contributed by atoms with Gasteiger partial charge in [0.05, 0.1) is 0 Å². The van der Waals surface area contributed by atoms with E-state index in [-0.39, 0.29) is 18.9 Å². The molecule has 0 aliphatic heterocycles. The molecule has 0 fully saturated rings. The van der Waals surface area contributed by atoms with Crippen molar-refractivity contribution in [2.45, 2.75) is 51.2 Å². The van der Waals surface area contributed by atoms with Crippen molar-refractivity contribution in [3.05, 3.63) is 107 Å². The zero-order chi connectivity index (χ0) is 26.8. The van der Waals surface area contributed by atoms with Crippen molar-refractivity contribution in [3.63, 3.8) is 0 Å². The minimum Gasteiger partial charge on any atom is -0.480 e. The Morgan fingerprint density at radius 1 is 0.811 bits per heavy atom. The number of ether oxygens (including phenoxy) is 1. The number of carbonyl (C=O) groups excluding carboxylic acids is 2. The Morgan fingerprint density at radius 3 is 1.81 bits per heavy atom. The third kappa shape index (κ3) is 8.49. The number of carbonyl (C=O) groups is 3. The Balaban J connectivity index is 1.64. The summed E-state index contributed by atoms with van der Waals surface area (Å²) in [7, 11) is 0. The number of alkyl carbamates (subject to hydrolysis) is 1. The second kappa shape index (κ2) is 12.7. The van der Waals surface area contributed by atoms with Gasteiger partial charge >= 0.3 is 12.1 Å². The zero-order valence-corrected chi connectivity index (χ0v) is 21.4. The molecule has 2 amide bonds. The highest BCUT2D eigenvalue weighted by atomic mass is 16.6. The van der Waals surface area contributed by atoms with Crippen molar-refractivity contribution >= 4 is 18.0 Å². The molecule has 3 rings (SSSR count). The molecule has 0 heterocycles. The van der Waals surface area contributed by atoms with Gasteiger partial charge in [0, 0.05) is 18.0 Å². The molecule has 3 aromatic carbocycles. The standard InChI is InChI=1S/C30H34N2O5/c1-30(2,3)37-29(36)31-20-10-15-25(28(34)35)32-27(33)24-18-16-23(17-19-24)26(21-11-6-4-7-12-21)22-13-8-5-9-14-22/h4-9,11-14,16-19,25-26H,10,15,20H2,1-3H3,(H,31,36)(H,32,33)(H,34,35)/t25-/m0/s1. The number of amides is 2. The molecule has 0 aliphatic carbocycles. The lowest BCUT2D eigenvalue weighted by molar-refractivity contribution is -0.139. The summed E-state index contributed by atoms with van der Waals surface area (Å²) in [5, 5.41) is 14.8. The Bertz CT molecular complexity index is 1130. The fraction of sp³-hybridized carbons (Fsp3) is 0.300. The van der Waals surface area contributed by atoms with Crippen molar-refractivity contribution in [1.82, 2.24) is 10.6 Å². The van der Waals surface area contributed by atoms with E-state index in [1.54, 1.807) is 32.9 Å². The van der Waals surface area contributed by atoms with Gasteiger partial charge in [0.25, 0.3) is 5.91 Å². The van der Waals surface area contributed by atoms with E-state index in [2.05, 4.69) is 34.9 Å². The van der Waals surface area contributed by atoms with E-state index in [0.29, 0.717) is 12.0 Å². The molecule has 0 spiro atoms. The van der Waals surface area contributed by atoms with Gasteiger partial charge in [-0.3, -0.25) is 4.79 Å². The summed E-state index contributed by atoms with van der Waals surface area (Å²) in [6.45, 7) is 5.53. The minimum atomic E-state index is -1.13. The fourth-order valence-electron chi connectivity index (χ4n) is 4.01. The maximum absolute atomic E-state index is 12.8. The lowest BCUT2D eigenvalue weighted by Gasteiger charge is -2.20. The Kier molecular flexibility index (Phi) is 9.44. The summed E-state index contributed by atoms with van der Waals surface area (Å²) >= 11 is 0. The molecule has 194 valence electrons. The van der Waals surface area contributed by atoms with E-state index in [9.17, 15) is 19.5 Å².